The van der Waals surface area contributed by atoms with Crippen LogP contribution < -0.4 is 0 Å². The lowest BCUT2D eigenvalue weighted by atomic mass is 9.91. The largest absolute Gasteiger partial charge is 0.208 e. The van der Waals surface area contributed by atoms with Gasteiger partial charge in [0.15, 0.2) is 17.5 Å². The second-order valence-corrected chi connectivity index (χ2v) is 13.4. The zero-order valence-corrected chi connectivity index (χ0v) is 27.5. The van der Waals surface area contributed by atoms with Crippen LogP contribution in [-0.4, -0.2) is 15.0 Å². The maximum atomic E-state index is 4.99. The molecule has 49 heavy (non-hydrogen) atoms. The van der Waals surface area contributed by atoms with E-state index in [1.165, 1.54) is 42.4 Å². The van der Waals surface area contributed by atoms with Gasteiger partial charge in [-0.3, -0.25) is 0 Å². The van der Waals surface area contributed by atoms with Crippen molar-refractivity contribution in [3.05, 3.63) is 175 Å². The molecule has 1 unspecified atom stereocenters. The van der Waals surface area contributed by atoms with Crippen molar-refractivity contribution in [3.8, 4) is 56.4 Å². The molecule has 0 spiro atoms. The quantitative estimate of drug-likeness (QED) is 0.181. The van der Waals surface area contributed by atoms with E-state index in [1.807, 2.05) is 72.0 Å². The van der Waals surface area contributed by atoms with Gasteiger partial charge in [0, 0.05) is 42.8 Å². The molecule has 0 amide bonds. The number of hydrogen-bond acceptors (Lipinski definition) is 4. The Morgan fingerprint density at radius 1 is 0.449 bits per heavy atom. The first-order chi connectivity index (χ1) is 24.3. The lowest BCUT2D eigenvalue weighted by Crippen LogP contribution is -2.00. The van der Waals surface area contributed by atoms with E-state index in [2.05, 4.69) is 109 Å². The van der Waals surface area contributed by atoms with E-state index < -0.39 is 0 Å². The summed E-state index contributed by atoms with van der Waals surface area (Å²) in [4.78, 5) is 14.9. The number of fused-ring (bicyclic) bond motifs is 3. The molecule has 9 rings (SSSR count). The summed E-state index contributed by atoms with van der Waals surface area (Å²) in [7, 11) is 0. The van der Waals surface area contributed by atoms with E-state index in [1.54, 1.807) is 0 Å². The zero-order valence-electron chi connectivity index (χ0n) is 26.7. The van der Waals surface area contributed by atoms with Crippen molar-refractivity contribution in [3.63, 3.8) is 0 Å². The lowest BCUT2D eigenvalue weighted by Gasteiger charge is -2.14. The van der Waals surface area contributed by atoms with E-state index in [-0.39, 0.29) is 0 Å². The summed E-state index contributed by atoms with van der Waals surface area (Å²) in [6, 6.07) is 51.4. The normalized spacial score (nSPS) is 14.1. The second-order valence-electron chi connectivity index (χ2n) is 12.4. The molecule has 0 saturated heterocycles. The van der Waals surface area contributed by atoms with Crippen LogP contribution in [0.2, 0.25) is 0 Å². The number of aromatic nitrogens is 3. The molecular formula is C45H31N3S. The van der Waals surface area contributed by atoms with Gasteiger partial charge >= 0.3 is 0 Å². The van der Waals surface area contributed by atoms with Crippen molar-refractivity contribution in [1.82, 2.24) is 15.0 Å². The van der Waals surface area contributed by atoms with Crippen LogP contribution in [0.25, 0.3) is 76.6 Å². The van der Waals surface area contributed by atoms with Gasteiger partial charge in [0.1, 0.15) is 0 Å². The first-order valence-electron chi connectivity index (χ1n) is 16.6. The molecule has 0 aliphatic heterocycles. The maximum absolute atomic E-state index is 4.99. The molecule has 1 atom stereocenters. The molecule has 4 heteroatoms. The zero-order chi connectivity index (χ0) is 32.6. The van der Waals surface area contributed by atoms with Crippen molar-refractivity contribution in [2.75, 3.05) is 0 Å². The van der Waals surface area contributed by atoms with Gasteiger partial charge in [-0.15, -0.1) is 11.3 Å². The number of hydrogen-bond donors (Lipinski definition) is 0. The van der Waals surface area contributed by atoms with Gasteiger partial charge < -0.3 is 0 Å². The Bertz CT molecular complexity index is 2450. The minimum Gasteiger partial charge on any atom is -0.208 e. The molecule has 6 aromatic carbocycles. The van der Waals surface area contributed by atoms with Gasteiger partial charge in [0.2, 0.25) is 0 Å². The van der Waals surface area contributed by atoms with Crippen molar-refractivity contribution in [2.45, 2.75) is 12.3 Å². The summed E-state index contributed by atoms with van der Waals surface area (Å²) in [6.45, 7) is 0. The average Bonchev–Trinajstić information content (AvgIpc) is 3.58. The molecule has 2 aromatic heterocycles. The molecule has 0 radical (unpaired) electrons. The van der Waals surface area contributed by atoms with E-state index in [9.17, 15) is 0 Å². The number of allylic oxidation sites excluding steroid dienone is 4. The number of nitrogens with zero attached hydrogens (tertiary/aromatic N) is 3. The molecule has 232 valence electrons. The number of benzene rings is 6. The Morgan fingerprint density at radius 3 is 1.57 bits per heavy atom. The van der Waals surface area contributed by atoms with Crippen LogP contribution >= 0.6 is 11.3 Å². The predicted octanol–water partition coefficient (Wildman–Crippen LogP) is 12.2. The van der Waals surface area contributed by atoms with Gasteiger partial charge in [-0.25, -0.2) is 15.0 Å². The summed E-state index contributed by atoms with van der Waals surface area (Å²) < 4.78 is 2.59. The summed E-state index contributed by atoms with van der Waals surface area (Å²) in [5, 5.41) is 2.57. The maximum Gasteiger partial charge on any atom is 0.164 e. The summed E-state index contributed by atoms with van der Waals surface area (Å²) in [5.74, 6) is 2.43. The van der Waals surface area contributed by atoms with Crippen LogP contribution in [0.15, 0.2) is 170 Å². The van der Waals surface area contributed by atoms with Crippen LogP contribution in [0.1, 0.15) is 17.9 Å². The van der Waals surface area contributed by atoms with Crippen molar-refractivity contribution >= 4 is 31.5 Å². The highest BCUT2D eigenvalue weighted by atomic mass is 32.1. The standard InChI is InChI=1S/C45H31N3S/c1-4-13-30(14-5-1)31-25-27-32(28-26-31)37-21-11-23-39-40-24-12-22-38(42(40)49-41(37)39)35-19-10-20-36(29-35)45-47-43(33-15-6-2-7-16-33)46-44(48-45)34-17-8-3-9-18-34/h1-13,15-30H,14H2. The Balaban J connectivity index is 1.13. The van der Waals surface area contributed by atoms with Gasteiger partial charge in [0.05, 0.1) is 0 Å². The third-order valence-corrected chi connectivity index (χ3v) is 10.6. The topological polar surface area (TPSA) is 38.7 Å². The molecule has 1 aliphatic rings. The smallest absolute Gasteiger partial charge is 0.164 e. The Labute approximate surface area is 289 Å². The van der Waals surface area contributed by atoms with Crippen molar-refractivity contribution in [1.29, 1.82) is 0 Å². The van der Waals surface area contributed by atoms with Gasteiger partial charge in [-0.2, -0.15) is 0 Å². The van der Waals surface area contributed by atoms with Gasteiger partial charge in [-0.05, 0) is 40.3 Å². The molecule has 8 aromatic rings. The first kappa shape index (κ1) is 29.2. The minimum absolute atomic E-state index is 0.449. The highest BCUT2D eigenvalue weighted by Crippen LogP contribution is 2.44. The van der Waals surface area contributed by atoms with Crippen molar-refractivity contribution < 1.29 is 0 Å². The van der Waals surface area contributed by atoms with Crippen LogP contribution in [-0.2, 0) is 0 Å². The monoisotopic (exact) mass is 645 g/mol. The van der Waals surface area contributed by atoms with E-state index in [0.717, 1.165) is 28.7 Å². The van der Waals surface area contributed by atoms with Crippen LogP contribution in [0.5, 0.6) is 0 Å². The van der Waals surface area contributed by atoms with Gasteiger partial charge in [-0.1, -0.05) is 164 Å². The Morgan fingerprint density at radius 2 is 0.980 bits per heavy atom. The lowest BCUT2D eigenvalue weighted by molar-refractivity contribution is 0.854. The average molecular weight is 646 g/mol. The number of rotatable bonds is 6. The Kier molecular flexibility index (Phi) is 7.49. The highest BCUT2D eigenvalue weighted by Gasteiger charge is 2.17. The SMILES string of the molecule is C1=CCC(c2ccc(-c3cccc4c3sc3c(-c5cccc(-c6nc(-c7ccccc7)nc(-c7ccccc7)n6)c5)cccc34)cc2)C=C1. The predicted molar refractivity (Wildman–Crippen MR) is 206 cm³/mol. The number of thiophene rings is 1. The second kappa shape index (κ2) is 12.6. The third kappa shape index (κ3) is 5.56. The molecule has 0 N–H and O–H groups in total. The third-order valence-electron chi connectivity index (χ3n) is 9.29. The molecule has 2 heterocycles. The molecule has 1 aliphatic carbocycles. The molecule has 0 bridgehead atoms. The van der Waals surface area contributed by atoms with Crippen LogP contribution in [0, 0.1) is 0 Å². The van der Waals surface area contributed by atoms with Gasteiger partial charge in [0.25, 0.3) is 0 Å². The fraction of sp³-hybridized carbons (Fsp3) is 0.0444. The van der Waals surface area contributed by atoms with E-state index in [0.29, 0.717) is 23.4 Å². The molecule has 0 saturated carbocycles. The first-order valence-corrected chi connectivity index (χ1v) is 17.5. The molecule has 3 nitrogen and oxygen atoms in total. The van der Waals surface area contributed by atoms with E-state index in [4.69, 9.17) is 15.0 Å². The summed E-state index contributed by atoms with van der Waals surface area (Å²) in [6.07, 6.45) is 9.89. The fourth-order valence-electron chi connectivity index (χ4n) is 6.78. The molecule has 0 fully saturated rings. The highest BCUT2D eigenvalue weighted by molar-refractivity contribution is 7.26. The fourth-order valence-corrected chi connectivity index (χ4v) is 8.15. The van der Waals surface area contributed by atoms with Crippen LogP contribution in [0.3, 0.4) is 0 Å². The Hall–Kier alpha value is -5.97. The summed E-state index contributed by atoms with van der Waals surface area (Å²) in [5.41, 5.74) is 9.11. The summed E-state index contributed by atoms with van der Waals surface area (Å²) >= 11 is 1.88. The van der Waals surface area contributed by atoms with Crippen molar-refractivity contribution in [2.24, 2.45) is 0 Å². The van der Waals surface area contributed by atoms with E-state index >= 15 is 0 Å². The minimum atomic E-state index is 0.449. The molecular weight excluding hydrogens is 615 g/mol. The van der Waals surface area contributed by atoms with Crippen LogP contribution in [0.4, 0.5) is 0 Å².